The molecule has 0 unspecified atom stereocenters. The molecule has 3 aromatic heterocycles. The van der Waals surface area contributed by atoms with Gasteiger partial charge in [-0.3, -0.25) is 4.79 Å². The fraction of sp³-hybridized carbons (Fsp3) is 0.357. The Hall–Kier alpha value is -2.41. The van der Waals surface area contributed by atoms with Gasteiger partial charge in [-0.15, -0.1) is 0 Å². The van der Waals surface area contributed by atoms with Crippen LogP contribution in [0.4, 0.5) is 0 Å². The molecule has 0 aliphatic carbocycles. The van der Waals surface area contributed by atoms with Gasteiger partial charge in [-0.2, -0.15) is 0 Å². The van der Waals surface area contributed by atoms with Gasteiger partial charge in [0.2, 0.25) is 5.91 Å². The van der Waals surface area contributed by atoms with E-state index in [0.717, 1.165) is 22.1 Å². The highest BCUT2D eigenvalue weighted by atomic mass is 16.3. The van der Waals surface area contributed by atoms with Crippen molar-refractivity contribution in [3.8, 4) is 0 Å². The van der Waals surface area contributed by atoms with E-state index in [0.29, 0.717) is 5.82 Å². The van der Waals surface area contributed by atoms with Crippen molar-refractivity contribution < 1.29 is 9.90 Å². The minimum Gasteiger partial charge on any atom is -0.390 e. The van der Waals surface area contributed by atoms with E-state index in [1.807, 2.05) is 12.3 Å². The van der Waals surface area contributed by atoms with Crippen LogP contribution in [0.5, 0.6) is 0 Å². The summed E-state index contributed by atoms with van der Waals surface area (Å²) in [4.78, 5) is 26.6. The molecule has 3 heterocycles. The quantitative estimate of drug-likeness (QED) is 0.578. The van der Waals surface area contributed by atoms with Crippen LogP contribution >= 0.6 is 0 Å². The number of aromatic amines is 2. The normalized spacial score (nSPS) is 12.1. The Morgan fingerprint density at radius 3 is 3.05 bits per heavy atom. The maximum Gasteiger partial charge on any atom is 0.223 e. The van der Waals surface area contributed by atoms with Crippen LogP contribution in [0.2, 0.25) is 0 Å². The van der Waals surface area contributed by atoms with Crippen molar-refractivity contribution in [2.75, 3.05) is 0 Å². The van der Waals surface area contributed by atoms with Gasteiger partial charge in [0.15, 0.2) is 0 Å². The lowest BCUT2D eigenvalue weighted by molar-refractivity contribution is -0.125. The second-order valence-corrected chi connectivity index (χ2v) is 5.71. The second kappa shape index (κ2) is 4.85. The third kappa shape index (κ3) is 2.87. The van der Waals surface area contributed by atoms with Crippen molar-refractivity contribution in [3.05, 3.63) is 24.3 Å². The SMILES string of the molecule is CC(C)(O)CC(=O)NCc1nc2c(cnc3[nH]ccc32)[nH]1. The van der Waals surface area contributed by atoms with Crippen LogP contribution in [0.1, 0.15) is 26.1 Å². The molecular weight excluding hydrogens is 270 g/mol. The lowest BCUT2D eigenvalue weighted by Crippen LogP contribution is -2.32. The highest BCUT2D eigenvalue weighted by molar-refractivity contribution is 6.00. The Balaban J connectivity index is 1.77. The highest BCUT2D eigenvalue weighted by Crippen LogP contribution is 2.20. The summed E-state index contributed by atoms with van der Waals surface area (Å²) in [6.07, 6.45) is 3.58. The molecule has 3 rings (SSSR count). The second-order valence-electron chi connectivity index (χ2n) is 5.71. The first kappa shape index (κ1) is 13.6. The van der Waals surface area contributed by atoms with Crippen LogP contribution < -0.4 is 5.32 Å². The number of carbonyl (C=O) groups excluding carboxylic acids is 1. The number of rotatable bonds is 4. The topological polar surface area (TPSA) is 107 Å². The number of pyridine rings is 1. The molecule has 4 N–H and O–H groups in total. The van der Waals surface area contributed by atoms with E-state index in [1.54, 1.807) is 20.0 Å². The molecule has 7 nitrogen and oxygen atoms in total. The first-order valence-corrected chi connectivity index (χ1v) is 6.72. The number of hydrogen-bond donors (Lipinski definition) is 4. The standard InChI is InChI=1S/C14H17N5O2/c1-14(2,21)5-11(20)16-7-10-18-9-6-17-13-8(3-4-15-13)12(9)19-10/h3-4,6,21H,5,7H2,1-2H3,(H,15,17)(H,16,20)(H,18,19). The molecule has 3 aromatic rings. The lowest BCUT2D eigenvalue weighted by Gasteiger charge is -2.15. The number of amides is 1. The maximum atomic E-state index is 11.7. The number of imidazole rings is 1. The van der Waals surface area contributed by atoms with Crippen molar-refractivity contribution >= 4 is 28.0 Å². The van der Waals surface area contributed by atoms with Crippen molar-refractivity contribution in [3.63, 3.8) is 0 Å². The van der Waals surface area contributed by atoms with Gasteiger partial charge >= 0.3 is 0 Å². The van der Waals surface area contributed by atoms with Crippen molar-refractivity contribution in [1.29, 1.82) is 0 Å². The van der Waals surface area contributed by atoms with E-state index in [2.05, 4.69) is 25.3 Å². The molecule has 0 aromatic carbocycles. The van der Waals surface area contributed by atoms with Gasteiger partial charge in [0.05, 0.1) is 30.3 Å². The van der Waals surface area contributed by atoms with Crippen LogP contribution in [0.25, 0.3) is 22.1 Å². The van der Waals surface area contributed by atoms with Gasteiger partial charge < -0.3 is 20.4 Å². The number of aromatic nitrogens is 4. The minimum absolute atomic E-state index is 0.0524. The molecule has 0 aliphatic rings. The zero-order valence-corrected chi connectivity index (χ0v) is 11.9. The largest absolute Gasteiger partial charge is 0.390 e. The number of hydrogen-bond acceptors (Lipinski definition) is 4. The molecule has 0 bridgehead atoms. The number of nitrogens with one attached hydrogen (secondary N) is 3. The molecule has 21 heavy (non-hydrogen) atoms. The van der Waals surface area contributed by atoms with Crippen LogP contribution in [0.15, 0.2) is 18.5 Å². The molecule has 0 saturated heterocycles. The predicted molar refractivity (Wildman–Crippen MR) is 78.5 cm³/mol. The molecule has 0 aliphatic heterocycles. The lowest BCUT2D eigenvalue weighted by atomic mass is 10.1. The summed E-state index contributed by atoms with van der Waals surface area (Å²) in [5.74, 6) is 0.442. The van der Waals surface area contributed by atoms with Crippen molar-refractivity contribution in [2.24, 2.45) is 0 Å². The van der Waals surface area contributed by atoms with Gasteiger partial charge in [0.1, 0.15) is 17.0 Å². The highest BCUT2D eigenvalue weighted by Gasteiger charge is 2.18. The summed E-state index contributed by atoms with van der Waals surface area (Å²) in [5.41, 5.74) is 1.42. The Bertz CT molecular complexity index is 797. The number of fused-ring (bicyclic) bond motifs is 3. The van der Waals surface area contributed by atoms with Crippen LogP contribution in [0.3, 0.4) is 0 Å². The molecule has 0 fully saturated rings. The number of nitrogens with zero attached hydrogens (tertiary/aromatic N) is 2. The van der Waals surface area contributed by atoms with Crippen LogP contribution in [-0.4, -0.2) is 36.6 Å². The molecule has 0 spiro atoms. The van der Waals surface area contributed by atoms with E-state index in [-0.39, 0.29) is 18.9 Å². The van der Waals surface area contributed by atoms with Crippen LogP contribution in [-0.2, 0) is 11.3 Å². The first-order chi connectivity index (χ1) is 9.92. The van der Waals surface area contributed by atoms with Gasteiger partial charge in [-0.05, 0) is 19.9 Å². The predicted octanol–water partition coefficient (Wildman–Crippen LogP) is 1.22. The third-order valence-corrected chi connectivity index (χ3v) is 3.13. The number of aliphatic hydroxyl groups is 1. The summed E-state index contributed by atoms with van der Waals surface area (Å²) in [7, 11) is 0. The van der Waals surface area contributed by atoms with Crippen molar-refractivity contribution in [1.82, 2.24) is 25.3 Å². The summed E-state index contributed by atoms with van der Waals surface area (Å²) < 4.78 is 0. The number of carbonyl (C=O) groups is 1. The Morgan fingerprint density at radius 1 is 1.48 bits per heavy atom. The monoisotopic (exact) mass is 287 g/mol. The van der Waals surface area contributed by atoms with E-state index in [4.69, 9.17) is 0 Å². The third-order valence-electron chi connectivity index (χ3n) is 3.13. The summed E-state index contributed by atoms with van der Waals surface area (Å²) >= 11 is 0. The number of H-pyrrole nitrogens is 2. The van der Waals surface area contributed by atoms with E-state index >= 15 is 0 Å². The molecule has 0 radical (unpaired) electrons. The smallest absolute Gasteiger partial charge is 0.223 e. The summed E-state index contributed by atoms with van der Waals surface area (Å²) in [6, 6.07) is 1.92. The van der Waals surface area contributed by atoms with Crippen LogP contribution in [0, 0.1) is 0 Å². The van der Waals surface area contributed by atoms with E-state index < -0.39 is 5.60 Å². The van der Waals surface area contributed by atoms with Gasteiger partial charge in [-0.25, -0.2) is 9.97 Å². The summed E-state index contributed by atoms with van der Waals surface area (Å²) in [5, 5.41) is 13.3. The Kier molecular flexibility index (Phi) is 3.13. The fourth-order valence-electron chi connectivity index (χ4n) is 2.25. The average molecular weight is 287 g/mol. The van der Waals surface area contributed by atoms with Gasteiger partial charge in [0.25, 0.3) is 0 Å². The summed E-state index contributed by atoms with van der Waals surface area (Å²) in [6.45, 7) is 3.49. The Labute approximate surface area is 120 Å². The van der Waals surface area contributed by atoms with E-state index in [9.17, 15) is 9.90 Å². The van der Waals surface area contributed by atoms with Gasteiger partial charge in [-0.1, -0.05) is 0 Å². The zero-order valence-electron chi connectivity index (χ0n) is 11.9. The first-order valence-electron chi connectivity index (χ1n) is 6.72. The van der Waals surface area contributed by atoms with Gasteiger partial charge in [0, 0.05) is 11.6 Å². The molecule has 0 atom stereocenters. The maximum absolute atomic E-state index is 11.7. The Morgan fingerprint density at radius 2 is 2.29 bits per heavy atom. The molecule has 0 saturated carbocycles. The molecule has 1 amide bonds. The average Bonchev–Trinajstić information content (AvgIpc) is 2.99. The van der Waals surface area contributed by atoms with E-state index in [1.165, 1.54) is 0 Å². The fourth-order valence-corrected chi connectivity index (χ4v) is 2.25. The molecular formula is C14H17N5O2. The zero-order chi connectivity index (χ0) is 15.0. The van der Waals surface area contributed by atoms with Crippen molar-refractivity contribution in [2.45, 2.75) is 32.4 Å². The molecule has 7 heteroatoms. The molecule has 110 valence electrons. The minimum atomic E-state index is -1.01.